The molecule has 1 aromatic carbocycles. The summed E-state index contributed by atoms with van der Waals surface area (Å²) in [6.45, 7) is 2.52. The van der Waals surface area contributed by atoms with Crippen LogP contribution in [0.2, 0.25) is 0 Å². The standard InChI is InChI=1S/C25H25N7O5/c1-13-9-20(26)30-32(13)21-6-5-18-17(27-21)11-19(37-18)25(23(34)28-24(35)29-25)7-8-31-12-14-3-4-15(36-2)10-16(14)22(31)33/h3-6,9-10,19H,7-8,11-12H2,1-2H3,(H2,26,30)(H2,28,29,34,35). The third-order valence-corrected chi connectivity index (χ3v) is 7.18. The number of methoxy groups -OCH3 is 1. The number of aromatic nitrogens is 3. The molecule has 3 aliphatic rings. The minimum Gasteiger partial charge on any atom is -0.497 e. The molecule has 0 spiro atoms. The molecule has 0 saturated carbocycles. The highest BCUT2D eigenvalue weighted by atomic mass is 16.5. The van der Waals surface area contributed by atoms with Gasteiger partial charge in [0.05, 0.1) is 12.8 Å². The zero-order chi connectivity index (χ0) is 25.9. The topological polar surface area (TPSA) is 154 Å². The summed E-state index contributed by atoms with van der Waals surface area (Å²) in [5, 5.41) is 9.40. The van der Waals surface area contributed by atoms with E-state index in [1.165, 1.54) is 0 Å². The van der Waals surface area contributed by atoms with Crippen molar-refractivity contribution >= 4 is 23.7 Å². The molecule has 2 aromatic heterocycles. The van der Waals surface area contributed by atoms with Gasteiger partial charge in [-0.05, 0) is 36.8 Å². The van der Waals surface area contributed by atoms with Crippen molar-refractivity contribution in [2.24, 2.45) is 0 Å². The lowest BCUT2D eigenvalue weighted by Crippen LogP contribution is -2.59. The lowest BCUT2D eigenvalue weighted by atomic mass is 9.86. The molecule has 4 amide bonds. The molecule has 37 heavy (non-hydrogen) atoms. The number of hydrogen-bond acceptors (Lipinski definition) is 8. The molecule has 6 rings (SSSR count). The maximum atomic E-state index is 13.1. The number of anilines is 1. The Morgan fingerprint density at radius 1 is 1.22 bits per heavy atom. The van der Waals surface area contributed by atoms with Crippen LogP contribution in [0.5, 0.6) is 11.5 Å². The first-order valence-electron chi connectivity index (χ1n) is 11.9. The van der Waals surface area contributed by atoms with Crippen LogP contribution in [-0.2, 0) is 17.8 Å². The quantitative estimate of drug-likeness (QED) is 0.423. The molecule has 5 heterocycles. The van der Waals surface area contributed by atoms with Gasteiger partial charge in [0.25, 0.3) is 11.8 Å². The highest BCUT2D eigenvalue weighted by Gasteiger charge is 2.55. The molecule has 12 heteroatoms. The van der Waals surface area contributed by atoms with E-state index in [0.29, 0.717) is 40.9 Å². The van der Waals surface area contributed by atoms with Crippen molar-refractivity contribution in [3.05, 3.63) is 58.9 Å². The van der Waals surface area contributed by atoms with Crippen molar-refractivity contribution in [3.63, 3.8) is 0 Å². The second kappa shape index (κ2) is 8.22. The number of ether oxygens (including phenoxy) is 2. The van der Waals surface area contributed by atoms with Crippen LogP contribution in [0.1, 0.15) is 33.7 Å². The molecule has 12 nitrogen and oxygen atoms in total. The number of amides is 4. The number of urea groups is 1. The Morgan fingerprint density at radius 3 is 2.76 bits per heavy atom. The number of pyridine rings is 1. The molecule has 2 unspecified atom stereocenters. The maximum Gasteiger partial charge on any atom is 0.322 e. The average Bonchev–Trinajstić information content (AvgIpc) is 3.61. The van der Waals surface area contributed by atoms with E-state index in [1.54, 1.807) is 41.0 Å². The summed E-state index contributed by atoms with van der Waals surface area (Å²) in [5.41, 5.74) is 7.37. The Morgan fingerprint density at radius 2 is 2.05 bits per heavy atom. The zero-order valence-corrected chi connectivity index (χ0v) is 20.3. The summed E-state index contributed by atoms with van der Waals surface area (Å²) >= 11 is 0. The minimum absolute atomic E-state index is 0.149. The van der Waals surface area contributed by atoms with Crippen molar-refractivity contribution in [2.75, 3.05) is 19.4 Å². The molecule has 190 valence electrons. The second-order valence-electron chi connectivity index (χ2n) is 9.43. The number of imide groups is 1. The molecule has 2 atom stereocenters. The van der Waals surface area contributed by atoms with Gasteiger partial charge in [-0.25, -0.2) is 14.5 Å². The van der Waals surface area contributed by atoms with E-state index in [9.17, 15) is 14.4 Å². The van der Waals surface area contributed by atoms with Crippen molar-refractivity contribution < 1.29 is 23.9 Å². The third-order valence-electron chi connectivity index (χ3n) is 7.18. The first-order valence-corrected chi connectivity index (χ1v) is 11.9. The van der Waals surface area contributed by atoms with Gasteiger partial charge in [-0.1, -0.05) is 6.07 Å². The Bertz CT molecular complexity index is 1470. The SMILES string of the molecule is COc1ccc2c(c1)C(=O)N(CCC1(C3Cc4nc(-n5nc(N)cc5C)ccc4O3)NC(=O)NC1=O)C2. The second-order valence-corrected chi connectivity index (χ2v) is 9.43. The number of nitrogen functional groups attached to an aromatic ring is 1. The monoisotopic (exact) mass is 503 g/mol. The van der Waals surface area contributed by atoms with Crippen LogP contribution in [0.25, 0.3) is 5.82 Å². The van der Waals surface area contributed by atoms with E-state index < -0.39 is 23.6 Å². The fraction of sp³-hybridized carbons (Fsp3) is 0.320. The summed E-state index contributed by atoms with van der Waals surface area (Å²) in [5.74, 6) is 1.44. The molecule has 3 aromatic rings. The summed E-state index contributed by atoms with van der Waals surface area (Å²) in [7, 11) is 1.55. The number of nitrogens with two attached hydrogens (primary N) is 1. The van der Waals surface area contributed by atoms with E-state index in [1.807, 2.05) is 19.1 Å². The van der Waals surface area contributed by atoms with Gasteiger partial charge in [0.15, 0.2) is 11.4 Å². The van der Waals surface area contributed by atoms with Crippen LogP contribution in [0, 0.1) is 6.92 Å². The van der Waals surface area contributed by atoms with Crippen LogP contribution in [0.3, 0.4) is 0 Å². The molecule has 1 fully saturated rings. The van der Waals surface area contributed by atoms with Gasteiger partial charge in [0.2, 0.25) is 0 Å². The Labute approximate surface area is 211 Å². The van der Waals surface area contributed by atoms with E-state index in [0.717, 1.165) is 11.3 Å². The van der Waals surface area contributed by atoms with Crippen molar-refractivity contribution in [2.45, 2.75) is 38.0 Å². The molecule has 0 radical (unpaired) electrons. The van der Waals surface area contributed by atoms with Crippen molar-refractivity contribution in [1.29, 1.82) is 0 Å². The van der Waals surface area contributed by atoms with Gasteiger partial charge >= 0.3 is 6.03 Å². The zero-order valence-electron chi connectivity index (χ0n) is 20.3. The Balaban J connectivity index is 1.24. The van der Waals surface area contributed by atoms with Gasteiger partial charge in [-0.2, -0.15) is 0 Å². The van der Waals surface area contributed by atoms with Gasteiger partial charge in [-0.15, -0.1) is 5.10 Å². The fourth-order valence-electron chi connectivity index (χ4n) is 5.25. The number of fused-ring (bicyclic) bond motifs is 2. The van der Waals surface area contributed by atoms with E-state index in [4.69, 9.17) is 15.2 Å². The maximum absolute atomic E-state index is 13.1. The smallest absolute Gasteiger partial charge is 0.322 e. The molecular weight excluding hydrogens is 478 g/mol. The first kappa shape index (κ1) is 22.8. The van der Waals surface area contributed by atoms with Crippen LogP contribution < -0.4 is 25.8 Å². The molecule has 0 bridgehead atoms. The molecule has 4 N–H and O–H groups in total. The van der Waals surface area contributed by atoms with Crippen LogP contribution in [-0.4, -0.2) is 62.8 Å². The minimum atomic E-state index is -1.36. The number of hydrogen-bond donors (Lipinski definition) is 3. The summed E-state index contributed by atoms with van der Waals surface area (Å²) < 4.78 is 13.0. The fourth-order valence-corrected chi connectivity index (χ4v) is 5.25. The molecule has 1 saturated heterocycles. The number of aryl methyl sites for hydroxylation is 1. The molecule has 3 aliphatic heterocycles. The Hall–Kier alpha value is -4.61. The third kappa shape index (κ3) is 3.63. The predicted molar refractivity (Wildman–Crippen MR) is 130 cm³/mol. The van der Waals surface area contributed by atoms with E-state index in [-0.39, 0.29) is 25.3 Å². The van der Waals surface area contributed by atoms with Gasteiger partial charge in [0, 0.05) is 43.3 Å². The summed E-state index contributed by atoms with van der Waals surface area (Å²) in [6, 6.07) is 10.1. The number of carbonyl (C=O) groups excluding carboxylic acids is 3. The number of rotatable bonds is 6. The predicted octanol–water partition coefficient (Wildman–Crippen LogP) is 1.09. The lowest BCUT2D eigenvalue weighted by molar-refractivity contribution is -0.127. The number of nitrogens with zero attached hydrogens (tertiary/aromatic N) is 4. The van der Waals surface area contributed by atoms with E-state index >= 15 is 0 Å². The molecular formula is C25H25N7O5. The highest BCUT2D eigenvalue weighted by molar-refractivity contribution is 6.07. The highest BCUT2D eigenvalue weighted by Crippen LogP contribution is 2.36. The lowest BCUT2D eigenvalue weighted by Gasteiger charge is -2.32. The first-order chi connectivity index (χ1) is 17.8. The number of nitrogens with one attached hydrogen (secondary N) is 2. The summed E-state index contributed by atoms with van der Waals surface area (Å²) in [4.78, 5) is 44.8. The van der Waals surface area contributed by atoms with Crippen LogP contribution in [0.4, 0.5) is 10.6 Å². The normalized spacial score (nSPS) is 21.9. The average molecular weight is 504 g/mol. The van der Waals surface area contributed by atoms with E-state index in [2.05, 4.69) is 20.7 Å². The van der Waals surface area contributed by atoms with Crippen LogP contribution in [0.15, 0.2) is 36.4 Å². The molecule has 0 aliphatic carbocycles. The van der Waals surface area contributed by atoms with Gasteiger partial charge in [-0.3, -0.25) is 14.9 Å². The Kier molecular flexibility index (Phi) is 5.07. The van der Waals surface area contributed by atoms with Gasteiger partial charge in [0.1, 0.15) is 23.4 Å². The van der Waals surface area contributed by atoms with Crippen molar-refractivity contribution in [1.82, 2.24) is 30.3 Å². The summed E-state index contributed by atoms with van der Waals surface area (Å²) in [6.07, 6.45) is -0.250. The van der Waals surface area contributed by atoms with Crippen LogP contribution >= 0.6 is 0 Å². The number of carbonyl (C=O) groups is 3. The number of benzene rings is 1. The van der Waals surface area contributed by atoms with Gasteiger partial charge < -0.3 is 25.4 Å². The largest absolute Gasteiger partial charge is 0.497 e. The van der Waals surface area contributed by atoms with Crippen molar-refractivity contribution in [3.8, 4) is 17.3 Å².